The van der Waals surface area contributed by atoms with Gasteiger partial charge in [-0.1, -0.05) is 23.7 Å². The third-order valence-corrected chi connectivity index (χ3v) is 4.67. The number of aliphatic hydroxyl groups is 1. The molecule has 0 heterocycles. The Morgan fingerprint density at radius 2 is 2.09 bits per heavy atom. The molecule has 2 rings (SSSR count). The zero-order valence-corrected chi connectivity index (χ0v) is 14.7. The maximum atomic E-state index is 12.3. The third-order valence-electron chi connectivity index (χ3n) is 4.43. The lowest BCUT2D eigenvalue weighted by atomic mass is 9.92. The van der Waals surface area contributed by atoms with Crippen molar-refractivity contribution in [3.05, 3.63) is 34.9 Å². The van der Waals surface area contributed by atoms with Gasteiger partial charge in [-0.25, -0.2) is 0 Å². The molecule has 23 heavy (non-hydrogen) atoms. The van der Waals surface area contributed by atoms with Crippen LogP contribution in [0.1, 0.15) is 44.6 Å². The van der Waals surface area contributed by atoms with Crippen molar-refractivity contribution in [2.75, 3.05) is 7.05 Å². The second-order valence-electron chi connectivity index (χ2n) is 6.66. The van der Waals surface area contributed by atoms with Crippen LogP contribution in [0.25, 0.3) is 0 Å². The standard InChI is InChI=1S/C18H27ClN2O2/c1-13(20-16-6-8-17(22)9-7-16)10-18(23)21(2)12-14-4-3-5-15(19)11-14/h3-5,11,13,16-17,20,22H,6-10,12H2,1-2H3. The van der Waals surface area contributed by atoms with Crippen molar-refractivity contribution in [2.24, 2.45) is 0 Å². The molecule has 2 N–H and O–H groups in total. The van der Waals surface area contributed by atoms with Crippen LogP contribution in [0.15, 0.2) is 24.3 Å². The van der Waals surface area contributed by atoms with Gasteiger partial charge in [0.05, 0.1) is 6.10 Å². The number of rotatable bonds is 6. The second-order valence-corrected chi connectivity index (χ2v) is 7.09. The number of amides is 1. The summed E-state index contributed by atoms with van der Waals surface area (Å²) in [6, 6.07) is 8.16. The summed E-state index contributed by atoms with van der Waals surface area (Å²) in [7, 11) is 1.83. The summed E-state index contributed by atoms with van der Waals surface area (Å²) in [6.07, 6.45) is 4.01. The van der Waals surface area contributed by atoms with Gasteiger partial charge in [-0.15, -0.1) is 0 Å². The molecule has 128 valence electrons. The van der Waals surface area contributed by atoms with E-state index in [1.807, 2.05) is 31.3 Å². The zero-order valence-electron chi connectivity index (χ0n) is 14.0. The van der Waals surface area contributed by atoms with E-state index in [-0.39, 0.29) is 18.1 Å². The van der Waals surface area contributed by atoms with Gasteiger partial charge in [-0.2, -0.15) is 0 Å². The monoisotopic (exact) mass is 338 g/mol. The van der Waals surface area contributed by atoms with Gasteiger partial charge in [0.15, 0.2) is 0 Å². The van der Waals surface area contributed by atoms with E-state index in [9.17, 15) is 9.90 Å². The zero-order chi connectivity index (χ0) is 16.8. The Morgan fingerprint density at radius 1 is 1.39 bits per heavy atom. The topological polar surface area (TPSA) is 52.6 Å². The summed E-state index contributed by atoms with van der Waals surface area (Å²) in [5.74, 6) is 0.126. The molecule has 1 fully saturated rings. The van der Waals surface area contributed by atoms with E-state index in [4.69, 9.17) is 11.6 Å². The van der Waals surface area contributed by atoms with Crippen molar-refractivity contribution >= 4 is 17.5 Å². The molecule has 1 aromatic rings. The first-order valence-electron chi connectivity index (χ1n) is 8.36. The van der Waals surface area contributed by atoms with Crippen molar-refractivity contribution in [3.8, 4) is 0 Å². The number of nitrogens with zero attached hydrogens (tertiary/aromatic N) is 1. The average Bonchev–Trinajstić information content (AvgIpc) is 2.49. The fourth-order valence-corrected chi connectivity index (χ4v) is 3.33. The van der Waals surface area contributed by atoms with Gasteiger partial charge in [0, 0.05) is 37.1 Å². The van der Waals surface area contributed by atoms with Crippen molar-refractivity contribution in [1.29, 1.82) is 0 Å². The van der Waals surface area contributed by atoms with Gasteiger partial charge >= 0.3 is 0 Å². The van der Waals surface area contributed by atoms with Gasteiger partial charge in [-0.05, 0) is 50.3 Å². The molecule has 1 aliphatic rings. The summed E-state index contributed by atoms with van der Waals surface area (Å²) in [6.45, 7) is 2.62. The molecule has 1 saturated carbocycles. The molecular formula is C18H27ClN2O2. The molecule has 0 aromatic heterocycles. The highest BCUT2D eigenvalue weighted by Gasteiger charge is 2.22. The molecule has 1 aliphatic carbocycles. The number of aliphatic hydroxyl groups excluding tert-OH is 1. The lowest BCUT2D eigenvalue weighted by molar-refractivity contribution is -0.130. The predicted molar refractivity (Wildman–Crippen MR) is 93.4 cm³/mol. The SMILES string of the molecule is CC(CC(=O)N(C)Cc1cccc(Cl)c1)NC1CCC(O)CC1. The molecule has 1 atom stereocenters. The van der Waals surface area contributed by atoms with Crippen molar-refractivity contribution in [2.45, 2.75) is 63.8 Å². The smallest absolute Gasteiger partial charge is 0.224 e. The van der Waals surface area contributed by atoms with Gasteiger partial charge in [0.2, 0.25) is 5.91 Å². The Hall–Kier alpha value is -1.10. The first-order chi connectivity index (χ1) is 10.9. The number of carbonyl (C=O) groups is 1. The molecular weight excluding hydrogens is 312 g/mol. The molecule has 0 radical (unpaired) electrons. The number of halogens is 1. The summed E-state index contributed by atoms with van der Waals surface area (Å²) in [5.41, 5.74) is 1.04. The lowest BCUT2D eigenvalue weighted by Crippen LogP contribution is -2.42. The van der Waals surface area contributed by atoms with E-state index in [2.05, 4.69) is 12.2 Å². The fraction of sp³-hybridized carbons (Fsp3) is 0.611. The number of carbonyl (C=O) groups excluding carboxylic acids is 1. The number of hydrogen-bond acceptors (Lipinski definition) is 3. The van der Waals surface area contributed by atoms with Crippen LogP contribution in [0.4, 0.5) is 0 Å². The molecule has 5 heteroatoms. The summed E-state index contributed by atoms with van der Waals surface area (Å²) in [5, 5.41) is 13.8. The van der Waals surface area contributed by atoms with Gasteiger partial charge in [-0.3, -0.25) is 4.79 Å². The van der Waals surface area contributed by atoms with Crippen LogP contribution in [0.5, 0.6) is 0 Å². The Balaban J connectivity index is 1.76. The second kappa shape index (κ2) is 8.67. The van der Waals surface area contributed by atoms with Crippen molar-refractivity contribution < 1.29 is 9.90 Å². The van der Waals surface area contributed by atoms with Crippen LogP contribution in [0.2, 0.25) is 5.02 Å². The van der Waals surface area contributed by atoms with Crippen LogP contribution >= 0.6 is 11.6 Å². The first kappa shape index (κ1) is 18.2. The number of benzene rings is 1. The third kappa shape index (κ3) is 6.13. The molecule has 0 spiro atoms. The number of hydrogen-bond donors (Lipinski definition) is 2. The minimum absolute atomic E-state index is 0.126. The van der Waals surface area contributed by atoms with E-state index >= 15 is 0 Å². The van der Waals surface area contributed by atoms with E-state index in [0.717, 1.165) is 31.2 Å². The fourth-order valence-electron chi connectivity index (χ4n) is 3.12. The van der Waals surface area contributed by atoms with Crippen molar-refractivity contribution in [3.63, 3.8) is 0 Å². The summed E-state index contributed by atoms with van der Waals surface area (Å²) >= 11 is 5.98. The van der Waals surface area contributed by atoms with Gasteiger partial charge < -0.3 is 15.3 Å². The van der Waals surface area contributed by atoms with Crippen LogP contribution in [0, 0.1) is 0 Å². The molecule has 0 aliphatic heterocycles. The highest BCUT2D eigenvalue weighted by Crippen LogP contribution is 2.19. The molecule has 0 bridgehead atoms. The lowest BCUT2D eigenvalue weighted by Gasteiger charge is -2.29. The predicted octanol–water partition coefficient (Wildman–Crippen LogP) is 2.97. The Morgan fingerprint density at radius 3 is 2.74 bits per heavy atom. The Kier molecular flexibility index (Phi) is 6.88. The molecule has 1 unspecified atom stereocenters. The summed E-state index contributed by atoms with van der Waals surface area (Å²) in [4.78, 5) is 14.1. The maximum absolute atomic E-state index is 12.3. The van der Waals surface area contributed by atoms with E-state index in [1.54, 1.807) is 4.90 Å². The maximum Gasteiger partial charge on any atom is 0.224 e. The normalized spacial score (nSPS) is 22.6. The van der Waals surface area contributed by atoms with Gasteiger partial charge in [0.1, 0.15) is 0 Å². The molecule has 0 saturated heterocycles. The van der Waals surface area contributed by atoms with Gasteiger partial charge in [0.25, 0.3) is 0 Å². The van der Waals surface area contributed by atoms with Crippen LogP contribution in [-0.2, 0) is 11.3 Å². The Labute approximate surface area is 143 Å². The first-order valence-corrected chi connectivity index (χ1v) is 8.74. The molecule has 1 amide bonds. The van der Waals surface area contributed by atoms with E-state index in [0.29, 0.717) is 24.0 Å². The minimum Gasteiger partial charge on any atom is -0.393 e. The number of nitrogens with one attached hydrogen (secondary N) is 1. The molecule has 1 aromatic carbocycles. The van der Waals surface area contributed by atoms with E-state index < -0.39 is 0 Å². The quantitative estimate of drug-likeness (QED) is 0.838. The van der Waals surface area contributed by atoms with E-state index in [1.165, 1.54) is 0 Å². The van der Waals surface area contributed by atoms with Crippen LogP contribution in [0.3, 0.4) is 0 Å². The minimum atomic E-state index is -0.145. The highest BCUT2D eigenvalue weighted by molar-refractivity contribution is 6.30. The van der Waals surface area contributed by atoms with Crippen molar-refractivity contribution in [1.82, 2.24) is 10.2 Å². The average molecular weight is 339 g/mol. The summed E-state index contributed by atoms with van der Waals surface area (Å²) < 4.78 is 0. The highest BCUT2D eigenvalue weighted by atomic mass is 35.5. The molecule has 4 nitrogen and oxygen atoms in total. The van der Waals surface area contributed by atoms with Crippen LogP contribution < -0.4 is 5.32 Å². The Bertz CT molecular complexity index is 515. The largest absolute Gasteiger partial charge is 0.393 e. The van der Waals surface area contributed by atoms with Crippen LogP contribution in [-0.4, -0.2) is 41.1 Å².